The molecule has 12 rings (SSSR count). The molecule has 0 N–H and O–H groups in total. The summed E-state index contributed by atoms with van der Waals surface area (Å²) >= 11 is 0. The van der Waals surface area contributed by atoms with Gasteiger partial charge in [0.15, 0.2) is 0 Å². The average molecular weight is 894 g/mol. The molecule has 0 amide bonds. The second-order valence-corrected chi connectivity index (χ2v) is 18.4. The summed E-state index contributed by atoms with van der Waals surface area (Å²) in [5.74, 6) is 0. The van der Waals surface area contributed by atoms with Crippen molar-refractivity contribution in [2.45, 2.75) is 18.3 Å². The Morgan fingerprint density at radius 3 is 1.24 bits per heavy atom. The van der Waals surface area contributed by atoms with E-state index in [0.29, 0.717) is 0 Å². The SMILES string of the molecule is c1ccc(Cc2ccccc2-c2ccc(N(c3cc(-c4ccccc4)cc(-c4ccccc4)c3)c3ccc4c(c3)C(c3ccccc3)(c3ccccc3)c3ccccc3-4)cc2Cc2ccccc2)cc1. The van der Waals surface area contributed by atoms with Crippen LogP contribution < -0.4 is 4.90 Å². The third-order valence-electron chi connectivity index (χ3n) is 14.2. The second kappa shape index (κ2) is 18.7. The molecular weight excluding hydrogens is 843 g/mol. The third-order valence-corrected chi connectivity index (χ3v) is 14.2. The molecule has 0 heterocycles. The lowest BCUT2D eigenvalue weighted by molar-refractivity contribution is 0.768. The molecule has 332 valence electrons. The van der Waals surface area contributed by atoms with Crippen LogP contribution >= 0.6 is 0 Å². The van der Waals surface area contributed by atoms with Crippen LogP contribution in [-0.2, 0) is 18.3 Å². The number of benzene rings is 11. The predicted molar refractivity (Wildman–Crippen MR) is 293 cm³/mol. The van der Waals surface area contributed by atoms with Crippen molar-refractivity contribution >= 4 is 17.1 Å². The minimum Gasteiger partial charge on any atom is -0.310 e. The summed E-state index contributed by atoms with van der Waals surface area (Å²) in [5.41, 5.74) is 22.7. The van der Waals surface area contributed by atoms with Crippen LogP contribution in [-0.4, -0.2) is 0 Å². The highest BCUT2D eigenvalue weighted by atomic mass is 15.1. The highest BCUT2D eigenvalue weighted by molar-refractivity contribution is 5.91. The van der Waals surface area contributed by atoms with E-state index >= 15 is 0 Å². The molecule has 0 saturated carbocycles. The first-order valence-electron chi connectivity index (χ1n) is 24.4. The second-order valence-electron chi connectivity index (χ2n) is 18.4. The van der Waals surface area contributed by atoms with Crippen molar-refractivity contribution in [1.29, 1.82) is 0 Å². The molecule has 1 aliphatic carbocycles. The fourth-order valence-electron chi connectivity index (χ4n) is 11.1. The lowest BCUT2D eigenvalue weighted by atomic mass is 9.67. The highest BCUT2D eigenvalue weighted by Gasteiger charge is 2.46. The van der Waals surface area contributed by atoms with E-state index in [4.69, 9.17) is 0 Å². The van der Waals surface area contributed by atoms with Gasteiger partial charge in [-0.2, -0.15) is 0 Å². The molecule has 0 unspecified atom stereocenters. The molecule has 70 heavy (non-hydrogen) atoms. The maximum absolute atomic E-state index is 2.51. The molecule has 1 nitrogen and oxygen atoms in total. The van der Waals surface area contributed by atoms with Gasteiger partial charge in [-0.05, 0) is 144 Å². The Hall–Kier alpha value is -8.78. The van der Waals surface area contributed by atoms with Gasteiger partial charge in [-0.25, -0.2) is 0 Å². The number of nitrogens with zero attached hydrogens (tertiary/aromatic N) is 1. The summed E-state index contributed by atoms with van der Waals surface area (Å²) < 4.78 is 0. The van der Waals surface area contributed by atoms with Gasteiger partial charge >= 0.3 is 0 Å². The molecule has 1 heteroatoms. The van der Waals surface area contributed by atoms with Crippen molar-refractivity contribution < 1.29 is 0 Å². The Kier molecular flexibility index (Phi) is 11.4. The first kappa shape index (κ1) is 42.6. The zero-order valence-corrected chi connectivity index (χ0v) is 39.0. The lowest BCUT2D eigenvalue weighted by Crippen LogP contribution is -2.28. The van der Waals surface area contributed by atoms with E-state index in [9.17, 15) is 0 Å². The van der Waals surface area contributed by atoms with E-state index in [2.05, 4.69) is 290 Å². The van der Waals surface area contributed by atoms with Crippen molar-refractivity contribution in [2.24, 2.45) is 0 Å². The largest absolute Gasteiger partial charge is 0.310 e. The highest BCUT2D eigenvalue weighted by Crippen LogP contribution is 2.57. The quantitative estimate of drug-likeness (QED) is 0.118. The van der Waals surface area contributed by atoms with Gasteiger partial charge in [-0.3, -0.25) is 0 Å². The van der Waals surface area contributed by atoms with Gasteiger partial charge in [0.25, 0.3) is 0 Å². The van der Waals surface area contributed by atoms with Gasteiger partial charge in [0.05, 0.1) is 5.41 Å². The van der Waals surface area contributed by atoms with Crippen LogP contribution in [0.2, 0.25) is 0 Å². The summed E-state index contributed by atoms with van der Waals surface area (Å²) in [6.07, 6.45) is 1.63. The molecule has 0 aliphatic heterocycles. The van der Waals surface area contributed by atoms with E-state index in [-0.39, 0.29) is 0 Å². The predicted octanol–water partition coefficient (Wildman–Crippen LogP) is 17.7. The zero-order chi connectivity index (χ0) is 46.7. The van der Waals surface area contributed by atoms with Gasteiger partial charge in [0.2, 0.25) is 0 Å². The van der Waals surface area contributed by atoms with Crippen LogP contribution in [0.25, 0.3) is 44.5 Å². The minimum atomic E-state index is -0.554. The minimum absolute atomic E-state index is 0.554. The molecule has 11 aromatic rings. The van der Waals surface area contributed by atoms with E-state index in [1.807, 2.05) is 0 Å². The number of fused-ring (bicyclic) bond motifs is 3. The number of anilines is 3. The van der Waals surface area contributed by atoms with Gasteiger partial charge < -0.3 is 4.90 Å². The normalized spacial score (nSPS) is 12.2. The Labute approximate surface area is 412 Å². The zero-order valence-electron chi connectivity index (χ0n) is 39.0. The molecular formula is C69H51N. The first-order chi connectivity index (χ1) is 34.7. The van der Waals surface area contributed by atoms with Gasteiger partial charge in [0, 0.05) is 17.1 Å². The van der Waals surface area contributed by atoms with Crippen LogP contribution in [0.4, 0.5) is 17.1 Å². The smallest absolute Gasteiger partial charge is 0.0714 e. The van der Waals surface area contributed by atoms with Crippen LogP contribution in [0.3, 0.4) is 0 Å². The topological polar surface area (TPSA) is 3.24 Å². The molecule has 0 atom stereocenters. The van der Waals surface area contributed by atoms with E-state index in [1.165, 1.54) is 77.9 Å². The molecule has 0 saturated heterocycles. The maximum atomic E-state index is 2.51. The molecule has 0 aromatic heterocycles. The van der Waals surface area contributed by atoms with Crippen LogP contribution in [0.5, 0.6) is 0 Å². The summed E-state index contributed by atoms with van der Waals surface area (Å²) in [4.78, 5) is 2.51. The monoisotopic (exact) mass is 893 g/mol. The molecule has 0 spiro atoms. The summed E-state index contributed by atoms with van der Waals surface area (Å²) in [7, 11) is 0. The van der Waals surface area contributed by atoms with E-state index < -0.39 is 5.41 Å². The van der Waals surface area contributed by atoms with Crippen molar-refractivity contribution in [3.63, 3.8) is 0 Å². The van der Waals surface area contributed by atoms with Crippen molar-refractivity contribution in [3.8, 4) is 44.5 Å². The fraction of sp³-hybridized carbons (Fsp3) is 0.0435. The molecule has 1 aliphatic rings. The van der Waals surface area contributed by atoms with Crippen LogP contribution in [0.15, 0.2) is 285 Å². The number of hydrogen-bond acceptors (Lipinski definition) is 1. The number of rotatable bonds is 12. The van der Waals surface area contributed by atoms with Crippen molar-refractivity contribution in [1.82, 2.24) is 0 Å². The van der Waals surface area contributed by atoms with Crippen molar-refractivity contribution in [3.05, 3.63) is 330 Å². The fourth-order valence-corrected chi connectivity index (χ4v) is 11.1. The van der Waals surface area contributed by atoms with E-state index in [0.717, 1.165) is 41.0 Å². The standard InChI is InChI=1S/C69H51N/c1-7-23-50(24-8-1)43-54-31-19-20-36-63(54)64-41-39-60(48-57(64)44-51-25-9-2-10-26-51)70(62-46-55(52-27-11-3-12-28-52)45-56(47-62)53-29-13-4-14-30-53)61-40-42-66-65-37-21-22-38-67(65)69(68(66)49-61,58-32-15-5-16-33-58)59-34-17-6-18-35-59/h1-42,45-49H,43-44H2. The first-order valence-corrected chi connectivity index (χ1v) is 24.4. The van der Waals surface area contributed by atoms with Gasteiger partial charge in [-0.1, -0.05) is 243 Å². The van der Waals surface area contributed by atoms with Gasteiger partial charge in [-0.15, -0.1) is 0 Å². The average Bonchev–Trinajstić information content (AvgIpc) is 3.73. The third kappa shape index (κ3) is 7.92. The molecule has 0 bridgehead atoms. The summed E-state index contributed by atoms with van der Waals surface area (Å²) in [6, 6.07) is 105. The molecule has 0 radical (unpaired) electrons. The van der Waals surface area contributed by atoms with Crippen LogP contribution in [0.1, 0.15) is 44.5 Å². The molecule has 11 aromatic carbocycles. The maximum Gasteiger partial charge on any atom is 0.0714 e. The Morgan fingerprint density at radius 2 is 0.671 bits per heavy atom. The summed E-state index contributed by atoms with van der Waals surface area (Å²) in [5, 5.41) is 0. The Morgan fingerprint density at radius 1 is 0.257 bits per heavy atom. The Bertz CT molecular complexity index is 3470. The Balaban J connectivity index is 1.13. The molecule has 0 fully saturated rings. The van der Waals surface area contributed by atoms with Crippen LogP contribution in [0, 0.1) is 0 Å². The number of hydrogen-bond donors (Lipinski definition) is 0. The lowest BCUT2D eigenvalue weighted by Gasteiger charge is -2.35. The van der Waals surface area contributed by atoms with Gasteiger partial charge in [0.1, 0.15) is 0 Å². The van der Waals surface area contributed by atoms with Crippen molar-refractivity contribution in [2.75, 3.05) is 4.90 Å². The summed E-state index contributed by atoms with van der Waals surface area (Å²) in [6.45, 7) is 0. The van der Waals surface area contributed by atoms with E-state index in [1.54, 1.807) is 0 Å².